The van der Waals surface area contributed by atoms with E-state index in [4.69, 9.17) is 0 Å². The number of carbonyl (C=O) groups is 1. The van der Waals surface area contributed by atoms with Crippen LogP contribution in [0.3, 0.4) is 0 Å². The highest BCUT2D eigenvalue weighted by molar-refractivity contribution is 6.10. The van der Waals surface area contributed by atoms with Crippen molar-refractivity contribution >= 4 is 23.1 Å². The topological polar surface area (TPSA) is 50.2 Å². The highest BCUT2D eigenvalue weighted by Gasteiger charge is 2.32. The molecule has 2 aromatic rings. The predicted molar refractivity (Wildman–Crippen MR) is 94.1 cm³/mol. The number of nitrogens with one attached hydrogen (secondary N) is 1. The Morgan fingerprint density at radius 2 is 2.04 bits per heavy atom. The van der Waals surface area contributed by atoms with Crippen molar-refractivity contribution in [3.8, 4) is 0 Å². The first kappa shape index (κ1) is 15.1. The van der Waals surface area contributed by atoms with Crippen molar-refractivity contribution < 1.29 is 13.6 Å². The minimum absolute atomic E-state index is 0.240. The van der Waals surface area contributed by atoms with Gasteiger partial charge < -0.3 is 10.2 Å². The van der Waals surface area contributed by atoms with Gasteiger partial charge in [0.1, 0.15) is 17.1 Å². The molecule has 1 amide bonds. The monoisotopic (exact) mass is 352 g/mol. The number of anilines is 2. The quantitative estimate of drug-likeness (QED) is 0.901. The SMILES string of the molecule is O=C(c1cnn2c1NC(=C1C=C1)C=C2C(F)F)N1CCc2ccccc21. The van der Waals surface area contributed by atoms with Crippen LogP contribution in [0.5, 0.6) is 0 Å². The second kappa shape index (κ2) is 5.39. The van der Waals surface area contributed by atoms with Crippen molar-refractivity contribution in [2.24, 2.45) is 0 Å². The van der Waals surface area contributed by atoms with E-state index in [1.807, 2.05) is 36.4 Å². The van der Waals surface area contributed by atoms with Gasteiger partial charge in [-0.1, -0.05) is 30.4 Å². The molecule has 0 unspecified atom stereocenters. The van der Waals surface area contributed by atoms with Crippen molar-refractivity contribution in [1.82, 2.24) is 9.78 Å². The van der Waals surface area contributed by atoms with E-state index in [0.717, 1.165) is 27.9 Å². The molecule has 1 aromatic carbocycles. The maximum atomic E-state index is 13.5. The highest BCUT2D eigenvalue weighted by Crippen LogP contribution is 2.36. The molecule has 0 radical (unpaired) electrons. The van der Waals surface area contributed by atoms with Crippen molar-refractivity contribution in [3.63, 3.8) is 0 Å². The summed E-state index contributed by atoms with van der Waals surface area (Å²) >= 11 is 0. The summed E-state index contributed by atoms with van der Waals surface area (Å²) in [5.41, 5.74) is 3.42. The summed E-state index contributed by atoms with van der Waals surface area (Å²) in [5, 5.41) is 7.12. The Bertz CT molecular complexity index is 1020. The average Bonchev–Trinajstić information content (AvgIpc) is 3.27. The lowest BCUT2D eigenvalue weighted by Crippen LogP contribution is -2.30. The molecule has 130 valence electrons. The third-order valence-electron chi connectivity index (χ3n) is 4.79. The van der Waals surface area contributed by atoms with Crippen LogP contribution in [0.4, 0.5) is 20.3 Å². The molecule has 0 atom stereocenters. The summed E-state index contributed by atoms with van der Waals surface area (Å²) in [6.45, 7) is 0.565. The number of fused-ring (bicyclic) bond motifs is 2. The number of hydrogen-bond donors (Lipinski definition) is 1. The first-order valence-corrected chi connectivity index (χ1v) is 8.31. The van der Waals surface area contributed by atoms with Crippen LogP contribution >= 0.6 is 0 Å². The molecule has 0 saturated carbocycles. The normalized spacial score (nSPS) is 17.2. The van der Waals surface area contributed by atoms with E-state index in [2.05, 4.69) is 10.4 Å². The standard InChI is InChI=1S/C19H14F2N4O/c20-17(21)16-9-14(11-5-6-11)23-18-13(10-22-25(16)18)19(26)24-8-7-12-3-1-2-4-15(12)24/h1-6,9-10,17,23H,7-8H2. The number of para-hydroxylation sites is 1. The fraction of sp³-hybridized carbons (Fsp3) is 0.158. The molecule has 5 rings (SSSR count). The van der Waals surface area contributed by atoms with Crippen molar-refractivity contribution in [3.05, 3.63) is 71.1 Å². The molecule has 0 saturated heterocycles. The van der Waals surface area contributed by atoms with Crippen LogP contribution in [0.2, 0.25) is 0 Å². The second-order valence-corrected chi connectivity index (χ2v) is 6.35. The number of aromatic nitrogens is 2. The predicted octanol–water partition coefficient (Wildman–Crippen LogP) is 3.44. The van der Waals surface area contributed by atoms with E-state index in [9.17, 15) is 13.6 Å². The summed E-state index contributed by atoms with van der Waals surface area (Å²) in [5.74, 6) is 0.0423. The average molecular weight is 352 g/mol. The van der Waals surface area contributed by atoms with Gasteiger partial charge in [-0.25, -0.2) is 13.5 Å². The Labute approximate surface area is 147 Å². The first-order chi connectivity index (χ1) is 12.6. The Hall–Kier alpha value is -3.22. The zero-order chi connectivity index (χ0) is 17.8. The van der Waals surface area contributed by atoms with Crippen LogP contribution < -0.4 is 10.2 Å². The van der Waals surface area contributed by atoms with E-state index >= 15 is 0 Å². The van der Waals surface area contributed by atoms with Gasteiger partial charge in [0, 0.05) is 17.9 Å². The molecule has 1 aromatic heterocycles. The van der Waals surface area contributed by atoms with Gasteiger partial charge in [-0.15, -0.1) is 0 Å². The fourth-order valence-electron chi connectivity index (χ4n) is 3.42. The fourth-order valence-corrected chi connectivity index (χ4v) is 3.42. The number of rotatable bonds is 2. The van der Waals surface area contributed by atoms with E-state index in [-0.39, 0.29) is 23.0 Å². The summed E-state index contributed by atoms with van der Waals surface area (Å²) in [7, 11) is 0. The zero-order valence-corrected chi connectivity index (χ0v) is 13.6. The summed E-state index contributed by atoms with van der Waals surface area (Å²) in [4.78, 5) is 14.8. The lowest BCUT2D eigenvalue weighted by Gasteiger charge is -2.22. The van der Waals surface area contributed by atoms with Crippen LogP contribution in [0, 0.1) is 0 Å². The largest absolute Gasteiger partial charge is 0.339 e. The molecule has 7 heteroatoms. The van der Waals surface area contributed by atoms with E-state index in [1.54, 1.807) is 4.90 Å². The van der Waals surface area contributed by atoms with Crippen molar-refractivity contribution in [2.45, 2.75) is 12.8 Å². The molecule has 0 fully saturated rings. The Balaban J connectivity index is 1.56. The molecule has 3 aliphatic rings. The summed E-state index contributed by atoms with van der Waals surface area (Å²) in [6, 6.07) is 7.72. The summed E-state index contributed by atoms with van der Waals surface area (Å²) in [6.07, 6.45) is 4.47. The highest BCUT2D eigenvalue weighted by atomic mass is 19.3. The number of benzene rings is 1. The molecule has 0 bridgehead atoms. The number of allylic oxidation sites excluding steroid dienone is 5. The molecule has 1 N–H and O–H groups in total. The van der Waals surface area contributed by atoms with Gasteiger partial charge in [-0.3, -0.25) is 4.79 Å². The minimum atomic E-state index is -2.69. The van der Waals surface area contributed by atoms with Crippen LogP contribution in [0.15, 0.2) is 60.0 Å². The first-order valence-electron chi connectivity index (χ1n) is 8.31. The molecular formula is C19H14F2N4O. The van der Waals surface area contributed by atoms with Crippen LogP contribution in [0.25, 0.3) is 5.70 Å². The van der Waals surface area contributed by atoms with Gasteiger partial charge >= 0.3 is 0 Å². The maximum absolute atomic E-state index is 13.5. The van der Waals surface area contributed by atoms with Crippen molar-refractivity contribution in [2.75, 3.05) is 16.8 Å². The van der Waals surface area contributed by atoms with Crippen molar-refractivity contribution in [1.29, 1.82) is 0 Å². The van der Waals surface area contributed by atoms with Gasteiger partial charge in [0.25, 0.3) is 12.3 Å². The molecule has 0 spiro atoms. The maximum Gasteiger partial charge on any atom is 0.280 e. The lowest BCUT2D eigenvalue weighted by atomic mass is 10.1. The Morgan fingerprint density at radius 3 is 2.81 bits per heavy atom. The molecule has 2 aliphatic heterocycles. The van der Waals surface area contributed by atoms with E-state index in [0.29, 0.717) is 12.2 Å². The van der Waals surface area contributed by atoms with E-state index in [1.165, 1.54) is 12.3 Å². The molecule has 3 heterocycles. The molecule has 1 aliphatic carbocycles. The third kappa shape index (κ3) is 2.20. The smallest absolute Gasteiger partial charge is 0.280 e. The molecular weight excluding hydrogens is 338 g/mol. The number of halogens is 2. The number of alkyl halides is 2. The minimum Gasteiger partial charge on any atom is -0.339 e. The molecule has 26 heavy (non-hydrogen) atoms. The van der Waals surface area contributed by atoms with Crippen LogP contribution in [0.1, 0.15) is 15.9 Å². The van der Waals surface area contributed by atoms with E-state index < -0.39 is 6.43 Å². The van der Waals surface area contributed by atoms with Gasteiger partial charge in [0.05, 0.1) is 6.20 Å². The van der Waals surface area contributed by atoms with Crippen LogP contribution in [-0.4, -0.2) is 28.7 Å². The lowest BCUT2D eigenvalue weighted by molar-refractivity contribution is 0.0990. The Morgan fingerprint density at radius 1 is 1.23 bits per heavy atom. The third-order valence-corrected chi connectivity index (χ3v) is 4.79. The number of nitrogens with zero attached hydrogens (tertiary/aromatic N) is 3. The van der Waals surface area contributed by atoms with Gasteiger partial charge in [-0.05, 0) is 29.7 Å². The van der Waals surface area contributed by atoms with Crippen LogP contribution in [-0.2, 0) is 6.42 Å². The number of carbonyl (C=O) groups excluding carboxylic acids is 1. The molecule has 5 nitrogen and oxygen atoms in total. The van der Waals surface area contributed by atoms with Gasteiger partial charge in [0.15, 0.2) is 0 Å². The second-order valence-electron chi connectivity index (χ2n) is 6.35. The number of amides is 1. The number of hydrogen-bond acceptors (Lipinski definition) is 3. The van der Waals surface area contributed by atoms with Gasteiger partial charge in [-0.2, -0.15) is 5.10 Å². The summed E-state index contributed by atoms with van der Waals surface area (Å²) < 4.78 is 28.1. The Kier molecular flexibility index (Phi) is 3.12. The zero-order valence-electron chi connectivity index (χ0n) is 13.6. The van der Waals surface area contributed by atoms with Gasteiger partial charge in [0.2, 0.25) is 0 Å².